The summed E-state index contributed by atoms with van der Waals surface area (Å²) in [5, 5.41) is 6.49. The number of rotatable bonds is 7. The number of benzene rings is 3. The first-order valence-electron chi connectivity index (χ1n) is 12.1. The molecular formula is C28H27ClN4O4S2. The minimum atomic E-state index is -0.489. The smallest absolute Gasteiger partial charge is 0.337 e. The fourth-order valence-electron chi connectivity index (χ4n) is 4.07. The molecule has 3 aromatic rings. The van der Waals surface area contributed by atoms with Crippen molar-refractivity contribution < 1.29 is 19.1 Å². The third-order valence-electron chi connectivity index (χ3n) is 6.03. The fourth-order valence-corrected chi connectivity index (χ4v) is 5.11. The van der Waals surface area contributed by atoms with E-state index in [1.54, 1.807) is 24.3 Å². The van der Waals surface area contributed by atoms with Crippen LogP contribution in [0.1, 0.15) is 20.7 Å². The lowest BCUT2D eigenvalue weighted by molar-refractivity contribution is -0.117. The highest BCUT2D eigenvalue weighted by atomic mass is 35.5. The van der Waals surface area contributed by atoms with Gasteiger partial charge in [-0.05, 0) is 66.8 Å². The summed E-state index contributed by atoms with van der Waals surface area (Å²) in [6, 6.07) is 21.5. The molecule has 202 valence electrons. The Bertz CT molecular complexity index is 1350. The third-order valence-corrected chi connectivity index (χ3v) is 7.50. The number of nitrogens with one attached hydrogen (secondary N) is 2. The number of piperazine rings is 1. The SMILES string of the molecule is COC(=O)c1ccc(N2CCN(C(=O)c3ccccc3)CC2)c(NC(=S)NC(=O)CSc2ccc(Cl)cc2)c1. The van der Waals surface area contributed by atoms with Crippen molar-refractivity contribution in [1.82, 2.24) is 10.2 Å². The van der Waals surface area contributed by atoms with Crippen molar-refractivity contribution in [1.29, 1.82) is 0 Å². The molecule has 1 saturated heterocycles. The summed E-state index contributed by atoms with van der Waals surface area (Å²) in [6.07, 6.45) is 0. The molecular weight excluding hydrogens is 556 g/mol. The van der Waals surface area contributed by atoms with Gasteiger partial charge in [-0.25, -0.2) is 4.79 Å². The van der Waals surface area contributed by atoms with E-state index in [1.807, 2.05) is 53.4 Å². The number of nitrogens with zero attached hydrogens (tertiary/aromatic N) is 2. The number of amides is 2. The van der Waals surface area contributed by atoms with Crippen molar-refractivity contribution in [3.05, 3.63) is 88.9 Å². The zero-order valence-corrected chi connectivity index (χ0v) is 23.6. The maximum absolute atomic E-state index is 12.8. The molecule has 0 radical (unpaired) electrons. The van der Waals surface area contributed by atoms with Gasteiger partial charge in [-0.15, -0.1) is 11.8 Å². The zero-order valence-electron chi connectivity index (χ0n) is 21.2. The molecule has 2 N–H and O–H groups in total. The van der Waals surface area contributed by atoms with E-state index in [2.05, 4.69) is 15.5 Å². The lowest BCUT2D eigenvalue weighted by atomic mass is 10.1. The molecule has 39 heavy (non-hydrogen) atoms. The first kappa shape index (κ1) is 28.4. The first-order valence-corrected chi connectivity index (χ1v) is 13.9. The molecule has 0 unspecified atom stereocenters. The van der Waals surface area contributed by atoms with Gasteiger partial charge in [0.2, 0.25) is 5.91 Å². The summed E-state index contributed by atoms with van der Waals surface area (Å²) < 4.78 is 4.87. The Labute approximate surface area is 241 Å². The van der Waals surface area contributed by atoms with Gasteiger partial charge >= 0.3 is 5.97 Å². The summed E-state index contributed by atoms with van der Waals surface area (Å²) in [7, 11) is 1.32. The first-order chi connectivity index (χ1) is 18.8. The summed E-state index contributed by atoms with van der Waals surface area (Å²) in [5.41, 5.74) is 2.35. The number of methoxy groups -OCH3 is 1. The van der Waals surface area contributed by atoms with Crippen LogP contribution < -0.4 is 15.5 Å². The zero-order chi connectivity index (χ0) is 27.8. The number of hydrogen-bond donors (Lipinski definition) is 2. The van der Waals surface area contributed by atoms with Gasteiger partial charge in [0.15, 0.2) is 5.11 Å². The Morgan fingerprint density at radius 2 is 1.64 bits per heavy atom. The predicted molar refractivity (Wildman–Crippen MR) is 159 cm³/mol. The highest BCUT2D eigenvalue weighted by Crippen LogP contribution is 2.29. The van der Waals surface area contributed by atoms with E-state index < -0.39 is 5.97 Å². The van der Waals surface area contributed by atoms with Gasteiger partial charge in [0.1, 0.15) is 0 Å². The second-order valence-electron chi connectivity index (χ2n) is 8.61. The van der Waals surface area contributed by atoms with E-state index >= 15 is 0 Å². The van der Waals surface area contributed by atoms with E-state index in [0.717, 1.165) is 10.6 Å². The minimum Gasteiger partial charge on any atom is -0.465 e. The third kappa shape index (κ3) is 7.72. The molecule has 0 spiro atoms. The van der Waals surface area contributed by atoms with E-state index in [-0.39, 0.29) is 22.7 Å². The van der Waals surface area contributed by atoms with Gasteiger partial charge in [0.25, 0.3) is 5.91 Å². The van der Waals surface area contributed by atoms with Crippen molar-refractivity contribution in [2.45, 2.75) is 4.90 Å². The molecule has 0 saturated carbocycles. The van der Waals surface area contributed by atoms with Crippen LogP contribution in [0, 0.1) is 0 Å². The molecule has 3 aromatic carbocycles. The topological polar surface area (TPSA) is 91.0 Å². The van der Waals surface area contributed by atoms with Crippen LogP contribution in [-0.2, 0) is 9.53 Å². The summed E-state index contributed by atoms with van der Waals surface area (Å²) in [6.45, 7) is 2.24. The lowest BCUT2D eigenvalue weighted by Crippen LogP contribution is -2.49. The van der Waals surface area contributed by atoms with Crippen molar-refractivity contribution in [3.63, 3.8) is 0 Å². The molecule has 1 aliphatic rings. The molecule has 4 rings (SSSR count). The Hall–Kier alpha value is -3.60. The quantitative estimate of drug-likeness (QED) is 0.235. The van der Waals surface area contributed by atoms with Crippen LogP contribution in [0.3, 0.4) is 0 Å². The fraction of sp³-hybridized carbons (Fsp3) is 0.214. The molecule has 1 fully saturated rings. The van der Waals surface area contributed by atoms with Crippen LogP contribution in [0.2, 0.25) is 5.02 Å². The molecule has 0 aliphatic carbocycles. The van der Waals surface area contributed by atoms with Crippen LogP contribution in [0.4, 0.5) is 11.4 Å². The maximum atomic E-state index is 12.8. The minimum absolute atomic E-state index is 0.00463. The number of halogens is 1. The van der Waals surface area contributed by atoms with E-state index in [4.69, 9.17) is 28.6 Å². The number of esters is 1. The molecule has 1 heterocycles. The van der Waals surface area contributed by atoms with E-state index in [9.17, 15) is 14.4 Å². The van der Waals surface area contributed by atoms with Gasteiger partial charge in [0, 0.05) is 41.7 Å². The maximum Gasteiger partial charge on any atom is 0.337 e. The molecule has 2 amide bonds. The van der Waals surface area contributed by atoms with Crippen LogP contribution in [0.5, 0.6) is 0 Å². The van der Waals surface area contributed by atoms with Gasteiger partial charge in [0.05, 0.1) is 29.8 Å². The molecule has 11 heteroatoms. The summed E-state index contributed by atoms with van der Waals surface area (Å²) >= 11 is 12.7. The number of hydrogen-bond acceptors (Lipinski definition) is 7. The number of ether oxygens (including phenoxy) is 1. The Balaban J connectivity index is 1.41. The standard InChI is InChI=1S/C28H27ClN4O4S2/c1-37-27(36)20-7-12-24(32-13-15-33(16-14-32)26(35)19-5-3-2-4-6-19)23(17-20)30-28(38)31-25(34)18-39-22-10-8-21(29)9-11-22/h2-12,17H,13-16,18H2,1H3,(H2,30,31,34,38). The van der Waals surface area contributed by atoms with Crippen molar-refractivity contribution >= 4 is 69.9 Å². The monoisotopic (exact) mass is 582 g/mol. The van der Waals surface area contributed by atoms with E-state index in [0.29, 0.717) is 48.0 Å². The van der Waals surface area contributed by atoms with Crippen molar-refractivity contribution in [2.24, 2.45) is 0 Å². The van der Waals surface area contributed by atoms with Crippen LogP contribution >= 0.6 is 35.6 Å². The Morgan fingerprint density at radius 3 is 2.31 bits per heavy atom. The second kappa shape index (κ2) is 13.5. The number of carbonyl (C=O) groups is 3. The van der Waals surface area contributed by atoms with Gasteiger partial charge < -0.3 is 25.2 Å². The second-order valence-corrected chi connectivity index (χ2v) is 10.5. The Morgan fingerprint density at radius 1 is 0.949 bits per heavy atom. The Kier molecular flexibility index (Phi) is 9.80. The average Bonchev–Trinajstić information content (AvgIpc) is 2.96. The molecule has 8 nitrogen and oxygen atoms in total. The summed E-state index contributed by atoms with van der Waals surface area (Å²) in [5.74, 6) is -0.603. The molecule has 0 aromatic heterocycles. The van der Waals surface area contributed by atoms with Crippen molar-refractivity contribution in [3.8, 4) is 0 Å². The highest BCUT2D eigenvalue weighted by Gasteiger charge is 2.24. The summed E-state index contributed by atoms with van der Waals surface area (Å²) in [4.78, 5) is 42.4. The normalized spacial score (nSPS) is 13.0. The molecule has 0 atom stereocenters. The number of anilines is 2. The number of thiocarbonyl (C=S) groups is 1. The van der Waals surface area contributed by atoms with Gasteiger partial charge in [-0.2, -0.15) is 0 Å². The van der Waals surface area contributed by atoms with Crippen molar-refractivity contribution in [2.75, 3.05) is 49.3 Å². The molecule has 0 bridgehead atoms. The lowest BCUT2D eigenvalue weighted by Gasteiger charge is -2.37. The van der Waals surface area contributed by atoms with Gasteiger partial charge in [-0.1, -0.05) is 29.8 Å². The number of thioether (sulfide) groups is 1. The van der Waals surface area contributed by atoms with Crippen LogP contribution in [-0.4, -0.2) is 66.8 Å². The average molecular weight is 583 g/mol. The van der Waals surface area contributed by atoms with Crippen LogP contribution in [0.25, 0.3) is 0 Å². The predicted octanol–water partition coefficient (Wildman–Crippen LogP) is 4.69. The molecule has 1 aliphatic heterocycles. The van der Waals surface area contributed by atoms with E-state index in [1.165, 1.54) is 18.9 Å². The largest absolute Gasteiger partial charge is 0.465 e. The van der Waals surface area contributed by atoms with Crippen LogP contribution in [0.15, 0.2) is 77.7 Å². The number of carbonyl (C=O) groups excluding carboxylic acids is 3. The highest BCUT2D eigenvalue weighted by molar-refractivity contribution is 8.00. The van der Waals surface area contributed by atoms with Gasteiger partial charge in [-0.3, -0.25) is 9.59 Å².